The van der Waals surface area contributed by atoms with Gasteiger partial charge in [-0.3, -0.25) is 4.79 Å². The van der Waals surface area contributed by atoms with Gasteiger partial charge in [0.05, 0.1) is 9.43 Å². The Morgan fingerprint density at radius 3 is 2.23 bits per heavy atom. The summed E-state index contributed by atoms with van der Waals surface area (Å²) in [4.78, 5) is 12.7. The van der Waals surface area contributed by atoms with Crippen molar-refractivity contribution in [1.29, 1.82) is 0 Å². The zero-order valence-electron chi connectivity index (χ0n) is 11.7. The highest BCUT2D eigenvalue weighted by molar-refractivity contribution is 9.24. The maximum Gasteiger partial charge on any atom is 0.258 e. The van der Waals surface area contributed by atoms with Gasteiger partial charge < -0.3 is 4.57 Å². The van der Waals surface area contributed by atoms with Gasteiger partial charge in [-0.2, -0.15) is 0 Å². The van der Waals surface area contributed by atoms with Crippen molar-refractivity contribution in [2.75, 3.05) is 0 Å². The van der Waals surface area contributed by atoms with Crippen molar-refractivity contribution < 1.29 is 0 Å². The molecule has 0 atom stereocenters. The molecule has 5 heteroatoms. The minimum absolute atomic E-state index is 0.00398. The fraction of sp³-hybridized carbons (Fsp3) is 0.118. The van der Waals surface area contributed by atoms with E-state index in [2.05, 4.69) is 47.8 Å². The zero-order chi connectivity index (χ0) is 15.9. The Morgan fingerprint density at radius 2 is 1.55 bits per heavy atom. The number of rotatable bonds is 2. The Labute approximate surface area is 153 Å². The summed E-state index contributed by atoms with van der Waals surface area (Å²) < 4.78 is 2.65. The fourth-order valence-electron chi connectivity index (χ4n) is 2.62. The summed E-state index contributed by atoms with van der Waals surface area (Å²) in [7, 11) is 1.81. The first-order valence-corrected chi connectivity index (χ1v) is 9.29. The van der Waals surface area contributed by atoms with Gasteiger partial charge in [0.1, 0.15) is 0 Å². The predicted molar refractivity (Wildman–Crippen MR) is 103 cm³/mol. The lowest BCUT2D eigenvalue weighted by Crippen LogP contribution is -2.19. The lowest BCUT2D eigenvalue weighted by Gasteiger charge is -2.17. The number of hydrogen-bond acceptors (Lipinski definition) is 1. The third kappa shape index (κ3) is 2.59. The molecular formula is C17H12Br3NO. The number of fused-ring (bicyclic) bond motifs is 1. The predicted octanol–water partition coefficient (Wildman–Crippen LogP) is 5.76. The molecule has 112 valence electrons. The molecule has 0 aliphatic heterocycles. The molecule has 2 nitrogen and oxygen atoms in total. The van der Waals surface area contributed by atoms with Crippen LogP contribution in [0.3, 0.4) is 0 Å². The van der Waals surface area contributed by atoms with Crippen molar-refractivity contribution in [2.24, 2.45) is 7.05 Å². The van der Waals surface area contributed by atoms with Crippen LogP contribution in [0.5, 0.6) is 0 Å². The number of hydrogen-bond donors (Lipinski definition) is 0. The third-order valence-electron chi connectivity index (χ3n) is 3.69. The second-order valence-electron chi connectivity index (χ2n) is 4.96. The molecule has 3 aromatic rings. The molecule has 0 spiro atoms. The summed E-state index contributed by atoms with van der Waals surface area (Å²) >= 11 is 10.8. The van der Waals surface area contributed by atoms with Crippen molar-refractivity contribution in [2.45, 2.75) is 3.74 Å². The monoisotopic (exact) mass is 483 g/mol. The summed E-state index contributed by atoms with van der Waals surface area (Å²) in [6.45, 7) is 0. The van der Waals surface area contributed by atoms with Crippen molar-refractivity contribution in [3.8, 4) is 11.3 Å². The molecular weight excluding hydrogens is 474 g/mol. The first-order valence-electron chi connectivity index (χ1n) is 6.67. The van der Waals surface area contributed by atoms with Crippen molar-refractivity contribution >= 4 is 58.6 Å². The Kier molecular flexibility index (Phi) is 4.57. The number of aromatic nitrogens is 1. The third-order valence-corrected chi connectivity index (χ3v) is 5.48. The van der Waals surface area contributed by atoms with Crippen LogP contribution in [0.15, 0.2) is 57.8 Å². The second kappa shape index (κ2) is 6.30. The van der Waals surface area contributed by atoms with Crippen molar-refractivity contribution in [3.05, 3.63) is 68.9 Å². The van der Waals surface area contributed by atoms with Crippen LogP contribution >= 0.6 is 47.8 Å². The SMILES string of the molecule is Cn1c(-c2ccccc2C(Br)Br)c(Br)c2ccccc2c1=O. The summed E-state index contributed by atoms with van der Waals surface area (Å²) in [5, 5.41) is 1.64. The van der Waals surface area contributed by atoms with Gasteiger partial charge in [-0.15, -0.1) is 0 Å². The highest BCUT2D eigenvalue weighted by Gasteiger charge is 2.18. The fourth-order valence-corrected chi connectivity index (χ4v) is 4.24. The highest BCUT2D eigenvalue weighted by Crippen LogP contribution is 2.40. The minimum atomic E-state index is 0.00398. The summed E-state index contributed by atoms with van der Waals surface area (Å²) in [5.74, 6) is 0. The van der Waals surface area contributed by atoms with Crippen LogP contribution in [-0.4, -0.2) is 4.57 Å². The van der Waals surface area contributed by atoms with Crippen LogP contribution in [0.25, 0.3) is 22.0 Å². The molecule has 0 aliphatic rings. The summed E-state index contributed by atoms with van der Waals surface area (Å²) in [5.41, 5.74) is 2.97. The van der Waals surface area contributed by atoms with E-state index in [9.17, 15) is 4.79 Å². The molecule has 0 saturated carbocycles. The van der Waals surface area contributed by atoms with Crippen LogP contribution in [0.2, 0.25) is 0 Å². The quantitative estimate of drug-likeness (QED) is 0.423. The Hall–Kier alpha value is -0.910. The van der Waals surface area contributed by atoms with E-state index in [-0.39, 0.29) is 9.30 Å². The van der Waals surface area contributed by atoms with Gasteiger partial charge >= 0.3 is 0 Å². The average molecular weight is 486 g/mol. The molecule has 0 radical (unpaired) electrons. The maximum absolute atomic E-state index is 12.7. The lowest BCUT2D eigenvalue weighted by molar-refractivity contribution is 0.878. The molecule has 1 aromatic heterocycles. The first kappa shape index (κ1) is 16.0. The van der Waals surface area contributed by atoms with Crippen LogP contribution in [0, 0.1) is 0 Å². The van der Waals surface area contributed by atoms with Gasteiger partial charge in [0, 0.05) is 27.9 Å². The van der Waals surface area contributed by atoms with Crippen LogP contribution in [0.4, 0.5) is 0 Å². The number of nitrogens with zero attached hydrogens (tertiary/aromatic N) is 1. The van der Waals surface area contributed by atoms with Gasteiger partial charge in [0.25, 0.3) is 5.56 Å². The molecule has 0 N–H and O–H groups in total. The Balaban J connectivity index is 2.45. The number of benzene rings is 2. The number of halogens is 3. The van der Waals surface area contributed by atoms with E-state index in [0.29, 0.717) is 5.39 Å². The highest BCUT2D eigenvalue weighted by atomic mass is 79.9. The first-order chi connectivity index (χ1) is 10.5. The van der Waals surface area contributed by atoms with E-state index in [1.165, 1.54) is 0 Å². The molecule has 0 saturated heterocycles. The minimum Gasteiger partial charge on any atom is -0.310 e. The topological polar surface area (TPSA) is 22.0 Å². The van der Waals surface area contributed by atoms with Gasteiger partial charge in [-0.25, -0.2) is 0 Å². The van der Waals surface area contributed by atoms with Gasteiger partial charge in [0.2, 0.25) is 0 Å². The molecule has 2 aromatic carbocycles. The van der Waals surface area contributed by atoms with Crippen LogP contribution < -0.4 is 5.56 Å². The number of alkyl halides is 2. The van der Waals surface area contributed by atoms with E-state index in [0.717, 1.165) is 26.7 Å². The molecule has 0 bridgehead atoms. The smallest absolute Gasteiger partial charge is 0.258 e. The second-order valence-corrected chi connectivity index (χ2v) is 8.81. The molecule has 0 fully saturated rings. The molecule has 0 amide bonds. The van der Waals surface area contributed by atoms with Crippen molar-refractivity contribution in [1.82, 2.24) is 4.57 Å². The summed E-state index contributed by atoms with van der Waals surface area (Å²) in [6.07, 6.45) is 0. The van der Waals surface area contributed by atoms with Gasteiger partial charge in [0.15, 0.2) is 0 Å². The average Bonchev–Trinajstić information content (AvgIpc) is 2.53. The largest absolute Gasteiger partial charge is 0.310 e. The van der Waals surface area contributed by atoms with E-state index in [4.69, 9.17) is 0 Å². The molecule has 0 aliphatic carbocycles. The van der Waals surface area contributed by atoms with E-state index >= 15 is 0 Å². The van der Waals surface area contributed by atoms with Crippen LogP contribution in [0.1, 0.15) is 9.30 Å². The Morgan fingerprint density at radius 1 is 0.955 bits per heavy atom. The van der Waals surface area contributed by atoms with E-state index in [1.807, 2.05) is 55.6 Å². The maximum atomic E-state index is 12.7. The van der Waals surface area contributed by atoms with Gasteiger partial charge in [-0.1, -0.05) is 74.3 Å². The van der Waals surface area contributed by atoms with Crippen molar-refractivity contribution in [3.63, 3.8) is 0 Å². The summed E-state index contributed by atoms with van der Waals surface area (Å²) in [6, 6.07) is 15.7. The standard InChI is InChI=1S/C17H12Br3NO/c1-21-15(11-7-3-4-8-12(11)16(19)20)14(18)10-6-2-5-9-13(10)17(21)22/h2-9,16H,1H3. The van der Waals surface area contributed by atoms with Crippen LogP contribution in [-0.2, 0) is 7.05 Å². The molecule has 3 rings (SSSR count). The molecule has 22 heavy (non-hydrogen) atoms. The number of pyridine rings is 1. The molecule has 0 unspecified atom stereocenters. The zero-order valence-corrected chi connectivity index (χ0v) is 16.4. The normalized spacial score (nSPS) is 11.3. The van der Waals surface area contributed by atoms with E-state index < -0.39 is 0 Å². The molecule has 1 heterocycles. The van der Waals surface area contributed by atoms with Gasteiger partial charge in [-0.05, 0) is 27.6 Å². The Bertz CT molecular complexity index is 915. The van der Waals surface area contributed by atoms with E-state index in [1.54, 1.807) is 4.57 Å². The lowest BCUT2D eigenvalue weighted by atomic mass is 10.0.